The number of aromatic nitrogens is 2. The normalized spacial score (nSPS) is 28.5. The van der Waals surface area contributed by atoms with Gasteiger partial charge in [-0.2, -0.15) is 5.26 Å². The number of nitriles is 1. The number of hydrogen-bond donors (Lipinski definition) is 5. The van der Waals surface area contributed by atoms with Crippen molar-refractivity contribution in [2.75, 3.05) is 26.2 Å². The van der Waals surface area contributed by atoms with Crippen LogP contribution in [0.2, 0.25) is 0 Å². The molecule has 5 N–H and O–H groups in total. The summed E-state index contributed by atoms with van der Waals surface area (Å²) in [6.07, 6.45) is 8.42. The second kappa shape index (κ2) is 12.0. The number of nitrogens with one attached hydrogen (secondary N) is 1. The summed E-state index contributed by atoms with van der Waals surface area (Å²) in [4.78, 5) is 10.4. The van der Waals surface area contributed by atoms with E-state index in [2.05, 4.69) is 21.4 Å². The second-order valence-corrected chi connectivity index (χ2v) is 8.42. The zero-order valence-corrected chi connectivity index (χ0v) is 18.2. The molecular weight excluding hydrogens is 410 g/mol. The lowest BCUT2D eigenvalue weighted by atomic mass is 9.92. The van der Waals surface area contributed by atoms with Gasteiger partial charge in [-0.1, -0.05) is 18.9 Å². The van der Waals surface area contributed by atoms with Crippen molar-refractivity contribution in [2.45, 2.75) is 62.4 Å². The number of piperidine rings is 1. The first-order chi connectivity index (χ1) is 15.5. The van der Waals surface area contributed by atoms with Crippen molar-refractivity contribution in [2.24, 2.45) is 0 Å². The van der Waals surface area contributed by atoms with E-state index in [1.165, 1.54) is 0 Å². The molecule has 174 valence electrons. The van der Waals surface area contributed by atoms with Gasteiger partial charge in [-0.25, -0.2) is 9.97 Å². The predicted octanol–water partition coefficient (Wildman–Crippen LogP) is 0.207. The van der Waals surface area contributed by atoms with Crippen LogP contribution in [0.25, 0.3) is 0 Å². The van der Waals surface area contributed by atoms with Crippen molar-refractivity contribution in [1.82, 2.24) is 20.2 Å². The Kier molecular flexibility index (Phi) is 9.14. The van der Waals surface area contributed by atoms with Crippen LogP contribution < -0.4 is 5.32 Å². The van der Waals surface area contributed by atoms with E-state index in [1.54, 1.807) is 18.5 Å². The number of rotatable bonds is 10. The second-order valence-electron chi connectivity index (χ2n) is 8.42. The Morgan fingerprint density at radius 1 is 1.09 bits per heavy atom. The number of allylic oxidation sites excluding steroid dienone is 3. The van der Waals surface area contributed by atoms with Gasteiger partial charge in [-0.15, -0.1) is 0 Å². The standard InChI is InChI=1S/C23H33N5O4/c24-13-17-12-16(23-26-9-5-10-27-23)6-7-18(17)25-8-3-1-2-4-11-28-14-20(30)22(32)21(31)19(28)15-29/h5-7,9-10,16,19-22,25,29-32H,1-4,8,11-12,14-15H2/t16?,19-,20+,21-,22-/m1/s1. The highest BCUT2D eigenvalue weighted by Gasteiger charge is 2.40. The average Bonchev–Trinajstić information content (AvgIpc) is 2.82. The summed E-state index contributed by atoms with van der Waals surface area (Å²) >= 11 is 0. The summed E-state index contributed by atoms with van der Waals surface area (Å²) in [7, 11) is 0. The first-order valence-electron chi connectivity index (χ1n) is 11.3. The smallest absolute Gasteiger partial charge is 0.135 e. The van der Waals surface area contributed by atoms with Crippen molar-refractivity contribution in [3.8, 4) is 6.07 Å². The zero-order valence-electron chi connectivity index (χ0n) is 18.2. The maximum atomic E-state index is 10.0. The fourth-order valence-corrected chi connectivity index (χ4v) is 4.31. The molecule has 0 spiro atoms. The highest BCUT2D eigenvalue weighted by molar-refractivity contribution is 5.40. The fraction of sp³-hybridized carbons (Fsp3) is 0.609. The Hall–Kier alpha value is -2.35. The number of unbranched alkanes of at least 4 members (excludes halogenated alkanes) is 3. The van der Waals surface area contributed by atoms with Crippen molar-refractivity contribution in [3.63, 3.8) is 0 Å². The van der Waals surface area contributed by atoms with Crippen LogP contribution in [-0.4, -0.2) is 85.9 Å². The number of likely N-dealkylation sites (tertiary alicyclic amines) is 1. The van der Waals surface area contributed by atoms with E-state index >= 15 is 0 Å². The number of hydrogen-bond acceptors (Lipinski definition) is 9. The van der Waals surface area contributed by atoms with E-state index in [4.69, 9.17) is 0 Å². The quantitative estimate of drug-likeness (QED) is 0.320. The molecule has 0 bridgehead atoms. The molecule has 1 aliphatic carbocycles. The maximum Gasteiger partial charge on any atom is 0.135 e. The van der Waals surface area contributed by atoms with Crippen molar-refractivity contribution >= 4 is 0 Å². The molecule has 2 heterocycles. The van der Waals surface area contributed by atoms with Crippen molar-refractivity contribution in [3.05, 3.63) is 47.7 Å². The Morgan fingerprint density at radius 2 is 1.84 bits per heavy atom. The van der Waals surface area contributed by atoms with Crippen LogP contribution >= 0.6 is 0 Å². The van der Waals surface area contributed by atoms with E-state index in [1.807, 2.05) is 17.1 Å². The molecule has 9 nitrogen and oxygen atoms in total. The molecule has 1 aromatic rings. The number of β-amino-alcohol motifs (C(OH)–C–C–N with tert-alkyl or cyclic N) is 1. The number of aliphatic hydroxyl groups is 4. The maximum absolute atomic E-state index is 10.0. The van der Waals surface area contributed by atoms with E-state index in [0.717, 1.165) is 43.7 Å². The third-order valence-electron chi connectivity index (χ3n) is 6.20. The van der Waals surface area contributed by atoms with Gasteiger partial charge in [0.05, 0.1) is 30.4 Å². The summed E-state index contributed by atoms with van der Waals surface area (Å²) in [5.74, 6) is 0.745. The molecule has 1 fully saturated rings. The molecule has 1 saturated heterocycles. The lowest BCUT2D eigenvalue weighted by Crippen LogP contribution is -2.62. The Labute approximate surface area is 188 Å². The summed E-state index contributed by atoms with van der Waals surface area (Å²) in [6, 6.07) is 3.53. The molecule has 0 radical (unpaired) electrons. The Balaban J connectivity index is 1.35. The van der Waals surface area contributed by atoms with Crippen LogP contribution in [-0.2, 0) is 0 Å². The third kappa shape index (κ3) is 6.12. The van der Waals surface area contributed by atoms with Gasteiger partial charge in [0.1, 0.15) is 18.0 Å². The topological polar surface area (TPSA) is 146 Å². The van der Waals surface area contributed by atoms with Gasteiger partial charge in [0.15, 0.2) is 0 Å². The monoisotopic (exact) mass is 443 g/mol. The lowest BCUT2D eigenvalue weighted by Gasteiger charge is -2.43. The fourth-order valence-electron chi connectivity index (χ4n) is 4.31. The molecule has 3 rings (SSSR count). The molecule has 9 heteroatoms. The highest BCUT2D eigenvalue weighted by Crippen LogP contribution is 2.28. The third-order valence-corrected chi connectivity index (χ3v) is 6.20. The van der Waals surface area contributed by atoms with Crippen molar-refractivity contribution < 1.29 is 20.4 Å². The first-order valence-corrected chi connectivity index (χ1v) is 11.3. The van der Waals surface area contributed by atoms with Gasteiger partial charge in [0, 0.05) is 37.1 Å². The van der Waals surface area contributed by atoms with E-state index in [-0.39, 0.29) is 19.1 Å². The minimum atomic E-state index is -1.22. The summed E-state index contributed by atoms with van der Waals surface area (Å²) < 4.78 is 0. The SMILES string of the molecule is N#CC1=C(NCCCCCCN2C[C@H](O)[C@@H](O)[C@H](O)[C@H]2CO)C=CC(c2ncccn2)C1. The largest absolute Gasteiger partial charge is 0.395 e. The first kappa shape index (κ1) is 24.3. The van der Waals surface area contributed by atoms with Gasteiger partial charge in [0.25, 0.3) is 0 Å². The van der Waals surface area contributed by atoms with Gasteiger partial charge in [-0.3, -0.25) is 4.90 Å². The van der Waals surface area contributed by atoms with E-state index in [9.17, 15) is 25.7 Å². The van der Waals surface area contributed by atoms with Crippen LogP contribution in [0.4, 0.5) is 0 Å². The van der Waals surface area contributed by atoms with Crippen LogP contribution in [0, 0.1) is 11.3 Å². The van der Waals surface area contributed by atoms with Gasteiger partial charge < -0.3 is 25.7 Å². The summed E-state index contributed by atoms with van der Waals surface area (Å²) in [5, 5.41) is 52.1. The van der Waals surface area contributed by atoms with Crippen LogP contribution in [0.3, 0.4) is 0 Å². The molecule has 32 heavy (non-hydrogen) atoms. The van der Waals surface area contributed by atoms with Gasteiger partial charge in [-0.05, 0) is 37.9 Å². The molecule has 1 unspecified atom stereocenters. The highest BCUT2D eigenvalue weighted by atomic mass is 16.4. The minimum absolute atomic E-state index is 0.0204. The number of aliphatic hydroxyl groups excluding tert-OH is 4. The molecule has 2 aliphatic rings. The molecule has 1 aromatic heterocycles. The van der Waals surface area contributed by atoms with Crippen LogP contribution in [0.5, 0.6) is 0 Å². The summed E-state index contributed by atoms with van der Waals surface area (Å²) in [6.45, 7) is 1.41. The molecule has 0 aromatic carbocycles. The van der Waals surface area contributed by atoms with Crippen molar-refractivity contribution in [1.29, 1.82) is 5.26 Å². The summed E-state index contributed by atoms with van der Waals surface area (Å²) in [5.41, 5.74) is 1.57. The van der Waals surface area contributed by atoms with Gasteiger partial charge in [0.2, 0.25) is 0 Å². The molecule has 5 atom stereocenters. The average molecular weight is 444 g/mol. The molecule has 0 saturated carbocycles. The Bertz CT molecular complexity index is 825. The van der Waals surface area contributed by atoms with Gasteiger partial charge >= 0.3 is 0 Å². The Morgan fingerprint density at radius 3 is 2.56 bits per heavy atom. The van der Waals surface area contributed by atoms with E-state index < -0.39 is 24.4 Å². The molecule has 0 amide bonds. The van der Waals surface area contributed by atoms with Crippen LogP contribution in [0.15, 0.2) is 41.9 Å². The molecular formula is C23H33N5O4. The zero-order chi connectivity index (χ0) is 22.9. The predicted molar refractivity (Wildman–Crippen MR) is 118 cm³/mol. The van der Waals surface area contributed by atoms with E-state index in [0.29, 0.717) is 18.5 Å². The molecule has 1 aliphatic heterocycles. The van der Waals surface area contributed by atoms with Crippen LogP contribution in [0.1, 0.15) is 43.8 Å². The lowest BCUT2D eigenvalue weighted by molar-refractivity contribution is -0.145. The number of nitrogens with zero attached hydrogens (tertiary/aromatic N) is 4. The minimum Gasteiger partial charge on any atom is -0.395 e.